The normalized spacial score (nSPS) is 20.4. The molecule has 0 unspecified atom stereocenters. The van der Waals surface area contributed by atoms with E-state index in [1.807, 2.05) is 0 Å². The molecule has 0 aromatic carbocycles. The van der Waals surface area contributed by atoms with Gasteiger partial charge in [0.2, 0.25) is 0 Å². The van der Waals surface area contributed by atoms with Crippen LogP contribution in [0.4, 0.5) is 0 Å². The molecule has 0 saturated carbocycles. The van der Waals surface area contributed by atoms with Crippen molar-refractivity contribution in [3.05, 3.63) is 11.6 Å². The van der Waals surface area contributed by atoms with E-state index in [2.05, 4.69) is 24.9 Å². The minimum Gasteiger partial charge on any atom is -0.302 e. The summed E-state index contributed by atoms with van der Waals surface area (Å²) in [6.07, 6.45) is 3.56. The van der Waals surface area contributed by atoms with Crippen LogP contribution in [0.25, 0.3) is 0 Å². The number of rotatable bonds is 0. The largest absolute Gasteiger partial charge is 0.302 e. The van der Waals surface area contributed by atoms with E-state index in [1.54, 1.807) is 0 Å². The number of likely N-dealkylation sites (N-methyl/N-ethyl adjacent to an activating group) is 1. The van der Waals surface area contributed by atoms with Gasteiger partial charge in [0.15, 0.2) is 0 Å². The molecule has 0 atom stereocenters. The number of hydrogen-bond acceptors (Lipinski definition) is 1. The van der Waals surface area contributed by atoms with Crippen molar-refractivity contribution in [2.75, 3.05) is 20.1 Å². The Labute approximate surface area is 58.4 Å². The van der Waals surface area contributed by atoms with Crippen molar-refractivity contribution in [1.29, 1.82) is 0 Å². The van der Waals surface area contributed by atoms with Gasteiger partial charge in [0.1, 0.15) is 0 Å². The molecule has 1 rings (SSSR count). The first-order chi connectivity index (χ1) is 3.79. The highest BCUT2D eigenvalue weighted by Gasteiger charge is 2.02. The van der Waals surface area contributed by atoms with Crippen LogP contribution >= 0.6 is 0 Å². The van der Waals surface area contributed by atoms with Crippen molar-refractivity contribution in [2.45, 2.75) is 20.8 Å². The van der Waals surface area contributed by atoms with Gasteiger partial charge in [-0.15, -0.1) is 0 Å². The lowest BCUT2D eigenvalue weighted by Crippen LogP contribution is -2.24. The molecule has 1 nitrogen and oxygen atoms in total. The van der Waals surface area contributed by atoms with Crippen LogP contribution in [-0.2, 0) is 0 Å². The van der Waals surface area contributed by atoms with Crippen molar-refractivity contribution in [1.82, 2.24) is 4.90 Å². The van der Waals surface area contributed by atoms with E-state index in [4.69, 9.17) is 0 Å². The predicted octanol–water partition coefficient (Wildman–Crippen LogP) is 1.90. The monoisotopic (exact) mass is 127 g/mol. The van der Waals surface area contributed by atoms with Crippen LogP contribution in [0.5, 0.6) is 0 Å². The average molecular weight is 127 g/mol. The maximum Gasteiger partial charge on any atom is 0.0187 e. The lowest BCUT2D eigenvalue weighted by atomic mass is 10.2. The fourth-order valence-corrected chi connectivity index (χ4v) is 1.10. The molecule has 54 valence electrons. The molecule has 0 aromatic rings. The van der Waals surface area contributed by atoms with Gasteiger partial charge in [0.05, 0.1) is 0 Å². The third-order valence-corrected chi connectivity index (χ3v) is 1.52. The zero-order valence-corrected chi connectivity index (χ0v) is 5.65. The minimum atomic E-state index is 0. The van der Waals surface area contributed by atoms with E-state index in [0.717, 1.165) is 0 Å². The summed E-state index contributed by atoms with van der Waals surface area (Å²) in [5, 5.41) is 0. The Hall–Kier alpha value is -0.300. The van der Waals surface area contributed by atoms with Crippen molar-refractivity contribution in [2.24, 2.45) is 0 Å². The van der Waals surface area contributed by atoms with Crippen molar-refractivity contribution in [3.8, 4) is 0 Å². The molecule has 0 fully saturated rings. The lowest BCUT2D eigenvalue weighted by Gasteiger charge is -2.20. The molecule has 1 aliphatic heterocycles. The zero-order chi connectivity index (χ0) is 5.98. The molecule has 0 bridgehead atoms. The van der Waals surface area contributed by atoms with Crippen LogP contribution in [0.1, 0.15) is 20.8 Å². The number of nitrogens with zero attached hydrogens (tertiary/aromatic N) is 1. The average Bonchev–Trinajstić information content (AvgIpc) is 1.64. The topological polar surface area (TPSA) is 3.24 Å². The fraction of sp³-hybridized carbons (Fsp3) is 0.750. The summed E-state index contributed by atoms with van der Waals surface area (Å²) in [6.45, 7) is 4.59. The second-order valence-corrected chi connectivity index (χ2v) is 2.58. The molecule has 1 aliphatic rings. The van der Waals surface area contributed by atoms with Gasteiger partial charge in [-0.05, 0) is 20.4 Å². The smallest absolute Gasteiger partial charge is 0.0187 e. The molecule has 1 heteroatoms. The maximum atomic E-state index is 2.34. The first-order valence-corrected chi connectivity index (χ1v) is 3.13. The second-order valence-electron chi connectivity index (χ2n) is 2.58. The molecule has 0 radical (unpaired) electrons. The molecule has 0 amide bonds. The Kier molecular flexibility index (Phi) is 3.55. The van der Waals surface area contributed by atoms with E-state index < -0.39 is 0 Å². The molecule has 9 heavy (non-hydrogen) atoms. The quantitative estimate of drug-likeness (QED) is 0.449. The van der Waals surface area contributed by atoms with Gasteiger partial charge < -0.3 is 4.90 Å². The van der Waals surface area contributed by atoms with E-state index in [9.17, 15) is 0 Å². The first-order valence-electron chi connectivity index (χ1n) is 3.13. The van der Waals surface area contributed by atoms with Crippen molar-refractivity contribution >= 4 is 0 Å². The van der Waals surface area contributed by atoms with Crippen LogP contribution in [-0.4, -0.2) is 25.0 Å². The number of hydrogen-bond donors (Lipinski definition) is 0. The highest BCUT2D eigenvalue weighted by molar-refractivity contribution is 5.03. The van der Waals surface area contributed by atoms with E-state index in [-0.39, 0.29) is 7.43 Å². The predicted molar refractivity (Wildman–Crippen MR) is 42.6 cm³/mol. The van der Waals surface area contributed by atoms with E-state index in [0.29, 0.717) is 0 Å². The van der Waals surface area contributed by atoms with Crippen molar-refractivity contribution < 1.29 is 0 Å². The Morgan fingerprint density at radius 2 is 2.22 bits per heavy atom. The summed E-state index contributed by atoms with van der Waals surface area (Å²) >= 11 is 0. The summed E-state index contributed by atoms with van der Waals surface area (Å²) in [5.41, 5.74) is 1.51. The molecular formula is C8H17N. The molecule has 1 heterocycles. The first kappa shape index (κ1) is 8.70. The van der Waals surface area contributed by atoms with Crippen LogP contribution in [0.15, 0.2) is 11.6 Å². The summed E-state index contributed by atoms with van der Waals surface area (Å²) < 4.78 is 0. The third kappa shape index (κ3) is 2.66. The summed E-state index contributed by atoms with van der Waals surface area (Å²) in [4.78, 5) is 2.34. The Morgan fingerprint density at radius 3 is 2.56 bits per heavy atom. The van der Waals surface area contributed by atoms with Gasteiger partial charge in [-0.3, -0.25) is 0 Å². The van der Waals surface area contributed by atoms with Crippen molar-refractivity contribution in [3.63, 3.8) is 0 Å². The van der Waals surface area contributed by atoms with Crippen LogP contribution in [0.2, 0.25) is 0 Å². The lowest BCUT2D eigenvalue weighted by molar-refractivity contribution is 0.355. The highest BCUT2D eigenvalue weighted by atomic mass is 15.1. The standard InChI is InChI=1S/C7H13N.CH4/c1-7-4-3-5-8(2)6-7;/h4H,3,5-6H2,1-2H3;1H4. The van der Waals surface area contributed by atoms with Gasteiger partial charge in [-0.2, -0.15) is 0 Å². The third-order valence-electron chi connectivity index (χ3n) is 1.52. The summed E-state index contributed by atoms with van der Waals surface area (Å²) in [6, 6.07) is 0. The Bertz CT molecular complexity index is 105. The van der Waals surface area contributed by atoms with Gasteiger partial charge >= 0.3 is 0 Å². The van der Waals surface area contributed by atoms with Crippen LogP contribution < -0.4 is 0 Å². The Morgan fingerprint density at radius 1 is 1.56 bits per heavy atom. The molecular weight excluding hydrogens is 110 g/mol. The second kappa shape index (κ2) is 3.67. The van der Waals surface area contributed by atoms with Gasteiger partial charge in [-0.1, -0.05) is 19.1 Å². The Balaban J connectivity index is 0.000000640. The molecule has 0 spiro atoms. The van der Waals surface area contributed by atoms with Gasteiger partial charge in [0.25, 0.3) is 0 Å². The summed E-state index contributed by atoms with van der Waals surface area (Å²) in [7, 11) is 2.16. The minimum absolute atomic E-state index is 0. The van der Waals surface area contributed by atoms with Gasteiger partial charge in [-0.25, -0.2) is 0 Å². The highest BCUT2D eigenvalue weighted by Crippen LogP contribution is 2.04. The molecule has 0 aliphatic carbocycles. The van der Waals surface area contributed by atoms with E-state index in [1.165, 1.54) is 25.1 Å². The summed E-state index contributed by atoms with van der Waals surface area (Å²) in [5.74, 6) is 0. The van der Waals surface area contributed by atoms with E-state index >= 15 is 0 Å². The van der Waals surface area contributed by atoms with Crippen LogP contribution in [0.3, 0.4) is 0 Å². The van der Waals surface area contributed by atoms with Gasteiger partial charge in [0, 0.05) is 13.1 Å². The fourth-order valence-electron chi connectivity index (χ4n) is 1.10. The zero-order valence-electron chi connectivity index (χ0n) is 5.65. The SMILES string of the molecule is C.CC1=CCCN(C)C1. The maximum absolute atomic E-state index is 2.34. The molecule has 0 N–H and O–H groups in total. The molecule has 0 aromatic heterocycles. The van der Waals surface area contributed by atoms with Crippen LogP contribution in [0, 0.1) is 0 Å². The molecule has 0 saturated heterocycles.